The van der Waals surface area contributed by atoms with E-state index in [2.05, 4.69) is 26.1 Å². The van der Waals surface area contributed by atoms with Gasteiger partial charge in [0.25, 0.3) is 0 Å². The van der Waals surface area contributed by atoms with E-state index in [9.17, 15) is 5.11 Å². The minimum Gasteiger partial charge on any atom is -0.504 e. The van der Waals surface area contributed by atoms with Crippen LogP contribution in [-0.2, 0) is 0 Å². The van der Waals surface area contributed by atoms with Gasteiger partial charge in [-0.1, -0.05) is 0 Å². The maximum absolute atomic E-state index is 9.67. The molecule has 2 rings (SSSR count). The second kappa shape index (κ2) is 4.05. The predicted molar refractivity (Wildman–Crippen MR) is 64.4 cm³/mol. The summed E-state index contributed by atoms with van der Waals surface area (Å²) in [7, 11) is 1.50. The van der Waals surface area contributed by atoms with Gasteiger partial charge in [0.15, 0.2) is 11.5 Å². The number of H-pyrrole nitrogens is 1. The fraction of sp³-hybridized carbons (Fsp3) is 0.100. The van der Waals surface area contributed by atoms with E-state index < -0.39 is 0 Å². The Morgan fingerprint density at radius 3 is 2.75 bits per heavy atom. The van der Waals surface area contributed by atoms with Gasteiger partial charge in [-0.05, 0) is 28.1 Å². The number of aromatic amines is 1. The average Bonchev–Trinajstić information content (AvgIpc) is 2.67. The standard InChI is InChI=1S/C10H10BrN3O2/c1-16-9-3-6(11)5(2-8(9)15)7-4-10(12)14-13-7/h2-4,15H,1H3,(H3,12,13,14). The van der Waals surface area contributed by atoms with Crippen molar-refractivity contribution in [3.8, 4) is 22.8 Å². The minimum atomic E-state index is 0.0638. The number of aromatic hydroxyl groups is 1. The number of nitrogens with two attached hydrogens (primary N) is 1. The van der Waals surface area contributed by atoms with Crippen molar-refractivity contribution in [2.24, 2.45) is 0 Å². The van der Waals surface area contributed by atoms with Crippen molar-refractivity contribution in [3.63, 3.8) is 0 Å². The van der Waals surface area contributed by atoms with E-state index in [1.807, 2.05) is 0 Å². The van der Waals surface area contributed by atoms with Crippen LogP contribution in [0.5, 0.6) is 11.5 Å². The average molecular weight is 284 g/mol. The maximum Gasteiger partial charge on any atom is 0.161 e. The molecule has 6 heteroatoms. The zero-order chi connectivity index (χ0) is 11.7. The number of methoxy groups -OCH3 is 1. The largest absolute Gasteiger partial charge is 0.504 e. The van der Waals surface area contributed by atoms with Crippen LogP contribution >= 0.6 is 15.9 Å². The predicted octanol–water partition coefficient (Wildman–Crippen LogP) is 2.14. The highest BCUT2D eigenvalue weighted by Gasteiger charge is 2.11. The molecule has 1 heterocycles. The number of anilines is 1. The summed E-state index contributed by atoms with van der Waals surface area (Å²) < 4.78 is 5.77. The molecule has 0 saturated heterocycles. The van der Waals surface area contributed by atoms with Crippen LogP contribution in [0.3, 0.4) is 0 Å². The molecule has 0 aliphatic rings. The van der Waals surface area contributed by atoms with Gasteiger partial charge in [-0.2, -0.15) is 5.10 Å². The number of hydrogen-bond acceptors (Lipinski definition) is 4. The van der Waals surface area contributed by atoms with Crippen molar-refractivity contribution in [2.75, 3.05) is 12.8 Å². The summed E-state index contributed by atoms with van der Waals surface area (Å²) in [5, 5.41) is 16.3. The van der Waals surface area contributed by atoms with Crippen LogP contribution in [0.25, 0.3) is 11.3 Å². The van der Waals surface area contributed by atoms with Gasteiger partial charge >= 0.3 is 0 Å². The molecule has 2 aromatic rings. The van der Waals surface area contributed by atoms with E-state index in [1.165, 1.54) is 7.11 Å². The minimum absolute atomic E-state index is 0.0638. The molecule has 0 spiro atoms. The van der Waals surface area contributed by atoms with Crippen LogP contribution in [0.4, 0.5) is 5.82 Å². The molecular weight excluding hydrogens is 274 g/mol. The Morgan fingerprint density at radius 1 is 1.44 bits per heavy atom. The molecule has 0 atom stereocenters. The molecule has 0 amide bonds. The Bertz CT molecular complexity index is 525. The molecule has 0 aliphatic heterocycles. The first-order valence-electron chi connectivity index (χ1n) is 4.49. The summed E-state index contributed by atoms with van der Waals surface area (Å²) in [6.45, 7) is 0. The number of phenolic OH excluding ortho intramolecular Hbond substituents is 1. The first-order valence-corrected chi connectivity index (χ1v) is 5.29. The summed E-state index contributed by atoms with van der Waals surface area (Å²) in [6, 6.07) is 4.95. The van der Waals surface area contributed by atoms with Gasteiger partial charge in [0.05, 0.1) is 12.8 Å². The van der Waals surface area contributed by atoms with Crippen LogP contribution in [0.2, 0.25) is 0 Å². The number of phenols is 1. The lowest BCUT2D eigenvalue weighted by atomic mass is 10.1. The molecule has 1 aromatic carbocycles. The lowest BCUT2D eigenvalue weighted by molar-refractivity contribution is 0.373. The first-order chi connectivity index (χ1) is 7.61. The number of aromatic nitrogens is 2. The molecule has 0 bridgehead atoms. The van der Waals surface area contributed by atoms with E-state index in [-0.39, 0.29) is 5.75 Å². The van der Waals surface area contributed by atoms with Crippen molar-refractivity contribution >= 4 is 21.7 Å². The lowest BCUT2D eigenvalue weighted by Crippen LogP contribution is -1.86. The number of nitrogen functional groups attached to an aromatic ring is 1. The van der Waals surface area contributed by atoms with Gasteiger partial charge < -0.3 is 15.6 Å². The van der Waals surface area contributed by atoms with E-state index in [1.54, 1.807) is 18.2 Å². The summed E-state index contributed by atoms with van der Waals surface area (Å²) in [5.74, 6) is 0.870. The molecule has 16 heavy (non-hydrogen) atoms. The monoisotopic (exact) mass is 283 g/mol. The Balaban J connectivity index is 2.54. The smallest absolute Gasteiger partial charge is 0.161 e. The van der Waals surface area contributed by atoms with Crippen LogP contribution in [0.15, 0.2) is 22.7 Å². The number of benzene rings is 1. The Labute approximate surface area is 100 Å². The molecule has 1 aromatic heterocycles. The molecule has 0 saturated carbocycles. The van der Waals surface area contributed by atoms with E-state index in [0.29, 0.717) is 11.6 Å². The summed E-state index contributed by atoms with van der Waals surface area (Å²) in [4.78, 5) is 0. The zero-order valence-corrected chi connectivity index (χ0v) is 10.1. The SMILES string of the molecule is COc1cc(Br)c(-c2cc(N)n[nH]2)cc1O. The molecule has 0 fully saturated rings. The Morgan fingerprint density at radius 2 is 2.19 bits per heavy atom. The highest BCUT2D eigenvalue weighted by atomic mass is 79.9. The number of ether oxygens (including phenoxy) is 1. The van der Waals surface area contributed by atoms with Crippen LogP contribution < -0.4 is 10.5 Å². The highest BCUT2D eigenvalue weighted by molar-refractivity contribution is 9.10. The van der Waals surface area contributed by atoms with Crippen molar-refractivity contribution in [2.45, 2.75) is 0 Å². The number of nitrogens with one attached hydrogen (secondary N) is 1. The van der Waals surface area contributed by atoms with Crippen molar-refractivity contribution in [1.29, 1.82) is 0 Å². The summed E-state index contributed by atoms with van der Waals surface area (Å²) >= 11 is 3.39. The number of nitrogens with zero attached hydrogens (tertiary/aromatic N) is 1. The number of hydrogen-bond donors (Lipinski definition) is 3. The highest BCUT2D eigenvalue weighted by Crippen LogP contribution is 2.37. The van der Waals surface area contributed by atoms with Gasteiger partial charge in [0.2, 0.25) is 0 Å². The zero-order valence-electron chi connectivity index (χ0n) is 8.49. The third-order valence-electron chi connectivity index (χ3n) is 2.16. The molecule has 0 radical (unpaired) electrons. The molecular formula is C10H10BrN3O2. The topological polar surface area (TPSA) is 84.2 Å². The first kappa shape index (κ1) is 10.8. The normalized spacial score (nSPS) is 10.4. The van der Waals surface area contributed by atoms with E-state index >= 15 is 0 Å². The van der Waals surface area contributed by atoms with Crippen molar-refractivity contribution < 1.29 is 9.84 Å². The summed E-state index contributed by atoms with van der Waals surface area (Å²) in [6.07, 6.45) is 0. The maximum atomic E-state index is 9.67. The third-order valence-corrected chi connectivity index (χ3v) is 2.81. The second-order valence-corrected chi connectivity index (χ2v) is 4.06. The van der Waals surface area contributed by atoms with Gasteiger partial charge in [-0.25, -0.2) is 0 Å². The van der Waals surface area contributed by atoms with Gasteiger partial charge in [0, 0.05) is 16.1 Å². The lowest BCUT2D eigenvalue weighted by Gasteiger charge is -2.07. The van der Waals surface area contributed by atoms with Crippen molar-refractivity contribution in [3.05, 3.63) is 22.7 Å². The van der Waals surface area contributed by atoms with Crippen LogP contribution in [0, 0.1) is 0 Å². The molecule has 84 valence electrons. The molecule has 4 N–H and O–H groups in total. The molecule has 5 nitrogen and oxygen atoms in total. The summed E-state index contributed by atoms with van der Waals surface area (Å²) in [5.41, 5.74) is 7.01. The van der Waals surface area contributed by atoms with Gasteiger partial charge in [0.1, 0.15) is 5.82 Å². The molecule has 0 unspecified atom stereocenters. The van der Waals surface area contributed by atoms with Crippen LogP contribution in [-0.4, -0.2) is 22.4 Å². The van der Waals surface area contributed by atoms with Gasteiger partial charge in [-0.3, -0.25) is 5.10 Å². The quantitative estimate of drug-likeness (QED) is 0.788. The number of halogens is 1. The van der Waals surface area contributed by atoms with Crippen LogP contribution in [0.1, 0.15) is 0 Å². The van der Waals surface area contributed by atoms with Crippen molar-refractivity contribution in [1.82, 2.24) is 10.2 Å². The Hall–Kier alpha value is -1.69. The van der Waals surface area contributed by atoms with Gasteiger partial charge in [-0.15, -0.1) is 0 Å². The Kier molecular flexibility index (Phi) is 2.74. The van der Waals surface area contributed by atoms with E-state index in [4.69, 9.17) is 10.5 Å². The fourth-order valence-corrected chi connectivity index (χ4v) is 1.92. The second-order valence-electron chi connectivity index (χ2n) is 3.21. The number of rotatable bonds is 2. The fourth-order valence-electron chi connectivity index (χ4n) is 1.39. The van der Waals surface area contributed by atoms with E-state index in [0.717, 1.165) is 15.7 Å². The molecule has 0 aliphatic carbocycles. The third kappa shape index (κ3) is 1.83.